The summed E-state index contributed by atoms with van der Waals surface area (Å²) in [5.74, 6) is -1.43. The predicted molar refractivity (Wildman–Crippen MR) is 139 cm³/mol. The number of benzene rings is 2. The first-order valence-corrected chi connectivity index (χ1v) is 13.8. The number of halogens is 3. The highest BCUT2D eigenvalue weighted by Crippen LogP contribution is 2.39. The van der Waals surface area contributed by atoms with E-state index in [9.17, 15) is 27.9 Å². The Morgan fingerprint density at radius 1 is 1.03 bits per heavy atom. The van der Waals surface area contributed by atoms with Crippen LogP contribution in [0.4, 0.5) is 18.9 Å². The van der Waals surface area contributed by atoms with E-state index >= 15 is 0 Å². The summed E-state index contributed by atoms with van der Waals surface area (Å²) >= 11 is 1.58. The zero-order chi connectivity index (χ0) is 28.0. The molecule has 212 valence electrons. The first-order chi connectivity index (χ1) is 18.7. The predicted octanol–water partition coefficient (Wildman–Crippen LogP) is 3.94. The Morgan fingerprint density at radius 2 is 1.72 bits per heavy atom. The van der Waals surface area contributed by atoms with E-state index < -0.39 is 30.3 Å². The van der Waals surface area contributed by atoms with E-state index in [0.29, 0.717) is 40.5 Å². The Kier molecular flexibility index (Phi) is 9.89. The molecule has 12 heteroatoms. The molecule has 2 aliphatic rings. The first kappa shape index (κ1) is 29.3. The summed E-state index contributed by atoms with van der Waals surface area (Å²) < 4.78 is 51.2. The summed E-state index contributed by atoms with van der Waals surface area (Å²) in [6.45, 7) is -0.106. The number of hydrogen-bond donors (Lipinski definition) is 3. The van der Waals surface area contributed by atoms with Crippen LogP contribution in [-0.4, -0.2) is 69.9 Å². The second-order valence-corrected chi connectivity index (χ2v) is 10.6. The van der Waals surface area contributed by atoms with Crippen LogP contribution in [0.2, 0.25) is 0 Å². The molecule has 0 saturated carbocycles. The van der Waals surface area contributed by atoms with E-state index in [1.807, 2.05) is 24.3 Å². The normalized spacial score (nSPS) is 23.6. The molecule has 0 spiro atoms. The fourth-order valence-electron chi connectivity index (χ4n) is 4.70. The van der Waals surface area contributed by atoms with Gasteiger partial charge in [-0.1, -0.05) is 36.4 Å². The van der Waals surface area contributed by atoms with Gasteiger partial charge in [0.05, 0.1) is 25.4 Å². The van der Waals surface area contributed by atoms with Crippen LogP contribution in [0.25, 0.3) is 0 Å². The number of carbonyl (C=O) groups excluding carboxylic acids is 2. The van der Waals surface area contributed by atoms with Gasteiger partial charge in [0, 0.05) is 35.7 Å². The third-order valence-corrected chi connectivity index (χ3v) is 7.74. The maximum absolute atomic E-state index is 12.9. The fourth-order valence-corrected chi connectivity index (χ4v) is 5.47. The minimum atomic E-state index is -5.03. The fraction of sp³-hybridized carbons (Fsp3) is 0.481. The summed E-state index contributed by atoms with van der Waals surface area (Å²) in [5, 5.41) is 21.1. The van der Waals surface area contributed by atoms with E-state index in [1.54, 1.807) is 36.0 Å². The quantitative estimate of drug-likeness (QED) is 0.394. The van der Waals surface area contributed by atoms with Crippen LogP contribution in [0, 0.1) is 0 Å². The first-order valence-electron chi connectivity index (χ1n) is 12.7. The van der Waals surface area contributed by atoms with Gasteiger partial charge < -0.3 is 29.9 Å². The third kappa shape index (κ3) is 7.52. The van der Waals surface area contributed by atoms with Gasteiger partial charge in [0.2, 0.25) is 5.91 Å². The van der Waals surface area contributed by atoms with Crippen molar-refractivity contribution in [1.82, 2.24) is 4.90 Å². The highest BCUT2D eigenvalue weighted by Gasteiger charge is 2.47. The molecular formula is C27H31F3N2O6S. The summed E-state index contributed by atoms with van der Waals surface area (Å²) in [6, 6.07) is 13.0. The van der Waals surface area contributed by atoms with E-state index in [2.05, 4.69) is 5.32 Å². The molecule has 39 heavy (non-hydrogen) atoms. The number of nitrogens with one attached hydrogen (secondary N) is 1. The number of rotatable bonds is 9. The number of anilines is 1. The molecule has 0 bridgehead atoms. The lowest BCUT2D eigenvalue weighted by Crippen LogP contribution is -2.48. The summed E-state index contributed by atoms with van der Waals surface area (Å²) in [4.78, 5) is 25.0. The van der Waals surface area contributed by atoms with Crippen LogP contribution in [0.1, 0.15) is 48.3 Å². The van der Waals surface area contributed by atoms with E-state index in [1.165, 1.54) is 0 Å². The van der Waals surface area contributed by atoms with Crippen molar-refractivity contribution in [1.29, 1.82) is 0 Å². The summed E-state index contributed by atoms with van der Waals surface area (Å²) in [5.41, 5.74) is 2.79. The van der Waals surface area contributed by atoms with Gasteiger partial charge in [0.1, 0.15) is 6.04 Å². The molecule has 4 atom stereocenters. The van der Waals surface area contributed by atoms with Crippen LogP contribution in [0.15, 0.2) is 48.5 Å². The van der Waals surface area contributed by atoms with E-state index in [-0.39, 0.29) is 38.4 Å². The van der Waals surface area contributed by atoms with Gasteiger partial charge in [-0.05, 0) is 36.1 Å². The van der Waals surface area contributed by atoms with Gasteiger partial charge in [0.25, 0.3) is 0 Å². The van der Waals surface area contributed by atoms with Crippen LogP contribution in [-0.2, 0) is 25.7 Å². The molecule has 0 aliphatic carbocycles. The molecule has 3 N–H and O–H groups in total. The summed E-state index contributed by atoms with van der Waals surface area (Å²) in [7, 11) is 0. The van der Waals surface area contributed by atoms with Gasteiger partial charge in [-0.15, -0.1) is 0 Å². The third-order valence-electron chi connectivity index (χ3n) is 6.66. The number of amides is 2. The van der Waals surface area contributed by atoms with Crippen molar-refractivity contribution in [2.75, 3.05) is 30.0 Å². The van der Waals surface area contributed by atoms with Crippen molar-refractivity contribution in [3.8, 4) is 0 Å². The molecular weight excluding hydrogens is 537 g/mol. The zero-order valence-corrected chi connectivity index (χ0v) is 21.9. The number of carbonyl (C=O) groups is 2. The lowest BCUT2D eigenvalue weighted by Gasteiger charge is -2.36. The largest absolute Gasteiger partial charge is 0.471 e. The molecule has 2 heterocycles. The number of thioether (sulfide) groups is 1. The molecule has 0 unspecified atom stereocenters. The number of ether oxygens (including phenoxy) is 2. The Bertz CT molecular complexity index is 1120. The van der Waals surface area contributed by atoms with Crippen molar-refractivity contribution in [3.05, 3.63) is 65.2 Å². The molecule has 2 fully saturated rings. The molecule has 2 aliphatic heterocycles. The van der Waals surface area contributed by atoms with Gasteiger partial charge in [0.15, 0.2) is 6.29 Å². The molecule has 2 aromatic rings. The van der Waals surface area contributed by atoms with Crippen molar-refractivity contribution >= 4 is 29.3 Å². The monoisotopic (exact) mass is 568 g/mol. The number of likely N-dealkylation sites (tertiary alicyclic amines) is 1. The van der Waals surface area contributed by atoms with Crippen LogP contribution >= 0.6 is 11.8 Å². The number of hydrogen-bond acceptors (Lipinski definition) is 7. The number of aliphatic hydroxyl groups is 2. The van der Waals surface area contributed by atoms with Gasteiger partial charge >= 0.3 is 12.1 Å². The highest BCUT2D eigenvalue weighted by atomic mass is 32.2. The average molecular weight is 569 g/mol. The molecule has 2 aromatic carbocycles. The highest BCUT2D eigenvalue weighted by molar-refractivity contribution is 7.99. The Balaban J connectivity index is 1.44. The Morgan fingerprint density at radius 3 is 2.36 bits per heavy atom. The number of aliphatic hydroxyl groups excluding tert-OH is 2. The van der Waals surface area contributed by atoms with Crippen LogP contribution < -0.4 is 5.32 Å². The number of alkyl halides is 3. The molecule has 4 rings (SSSR count). The van der Waals surface area contributed by atoms with E-state index in [4.69, 9.17) is 14.6 Å². The lowest BCUT2D eigenvalue weighted by atomic mass is 10.0. The molecule has 2 saturated heterocycles. The smallest absolute Gasteiger partial charge is 0.396 e. The topological polar surface area (TPSA) is 108 Å². The van der Waals surface area contributed by atoms with Crippen LogP contribution in [0.5, 0.6) is 0 Å². The number of nitrogens with zero attached hydrogens (tertiary/aromatic N) is 1. The molecule has 0 radical (unpaired) electrons. The zero-order valence-electron chi connectivity index (χ0n) is 21.1. The Labute approximate surface area is 228 Å². The molecule has 8 nitrogen and oxygen atoms in total. The molecule has 2 amide bonds. The average Bonchev–Trinajstić information content (AvgIpc) is 3.43. The SMILES string of the molecule is O=C(Nc1ccc([C@H]2O[C@@H](CSCCO)C[C@@H](c3ccc(CO)cc3)O2)cc1)[C@@H]1CCCN1C(=O)C(F)(F)F. The van der Waals surface area contributed by atoms with Crippen molar-refractivity contribution < 1.29 is 42.4 Å². The van der Waals surface area contributed by atoms with Gasteiger partial charge in [-0.2, -0.15) is 24.9 Å². The molecule has 0 aromatic heterocycles. The standard InChI is InChI=1S/C27H31F3N2O6S/c28-27(29,30)26(36)32-11-1-2-22(32)24(35)31-20-9-7-19(8-10-20)25-37-21(16-39-13-12-33)14-23(38-25)18-5-3-17(15-34)4-6-18/h3-10,21-23,25,33-34H,1-2,11-16H2,(H,31,35)/t21-,22+,23+,25+/m1/s1. The van der Waals surface area contributed by atoms with Gasteiger partial charge in [-0.3, -0.25) is 9.59 Å². The maximum atomic E-state index is 12.9. The van der Waals surface area contributed by atoms with Crippen molar-refractivity contribution in [2.24, 2.45) is 0 Å². The van der Waals surface area contributed by atoms with Gasteiger partial charge in [-0.25, -0.2) is 0 Å². The minimum absolute atomic E-state index is 0.0573. The van der Waals surface area contributed by atoms with Crippen molar-refractivity contribution in [3.63, 3.8) is 0 Å². The second-order valence-electron chi connectivity index (χ2n) is 9.41. The van der Waals surface area contributed by atoms with E-state index in [0.717, 1.165) is 11.1 Å². The van der Waals surface area contributed by atoms with Crippen LogP contribution in [0.3, 0.4) is 0 Å². The van der Waals surface area contributed by atoms with Crippen molar-refractivity contribution in [2.45, 2.75) is 56.6 Å². The minimum Gasteiger partial charge on any atom is -0.396 e. The summed E-state index contributed by atoms with van der Waals surface area (Å²) in [6.07, 6.45) is -5.08. The Hall–Kier alpha value is -2.64. The maximum Gasteiger partial charge on any atom is 0.471 e. The second kappa shape index (κ2) is 13.1. The lowest BCUT2D eigenvalue weighted by molar-refractivity contribution is -0.245.